The highest BCUT2D eigenvalue weighted by molar-refractivity contribution is 7.91. The van der Waals surface area contributed by atoms with Gasteiger partial charge in [0.1, 0.15) is 6.17 Å². The highest BCUT2D eigenvalue weighted by Gasteiger charge is 2.37. The van der Waals surface area contributed by atoms with Gasteiger partial charge < -0.3 is 4.90 Å². The van der Waals surface area contributed by atoms with Gasteiger partial charge in [-0.1, -0.05) is 37.3 Å². The maximum Gasteiger partial charge on any atom is 0.241 e. The van der Waals surface area contributed by atoms with Crippen LogP contribution in [0.2, 0.25) is 0 Å². The lowest BCUT2D eigenvalue weighted by molar-refractivity contribution is -0.129. The number of nitrogens with zero attached hydrogens (tertiary/aromatic N) is 1. The smallest absolute Gasteiger partial charge is 0.241 e. The molecule has 0 spiro atoms. The van der Waals surface area contributed by atoms with Gasteiger partial charge in [-0.3, -0.25) is 10.1 Å². The summed E-state index contributed by atoms with van der Waals surface area (Å²) in [5.41, 5.74) is 0.971. The number of hydrogen-bond acceptors (Lipinski definition) is 4. The van der Waals surface area contributed by atoms with Gasteiger partial charge in [0.25, 0.3) is 0 Å². The summed E-state index contributed by atoms with van der Waals surface area (Å²) in [6.45, 7) is 3.65. The number of benzene rings is 1. The van der Waals surface area contributed by atoms with Gasteiger partial charge >= 0.3 is 0 Å². The predicted molar refractivity (Wildman–Crippen MR) is 77.8 cm³/mol. The van der Waals surface area contributed by atoms with E-state index in [1.807, 2.05) is 30.3 Å². The van der Waals surface area contributed by atoms with E-state index >= 15 is 0 Å². The van der Waals surface area contributed by atoms with E-state index in [0.717, 1.165) is 5.56 Å². The Labute approximate surface area is 119 Å². The first kappa shape index (κ1) is 15.0. The Morgan fingerprint density at radius 2 is 1.90 bits per heavy atom. The first-order valence-corrected chi connectivity index (χ1v) is 8.58. The van der Waals surface area contributed by atoms with Crippen LogP contribution < -0.4 is 5.32 Å². The topological polar surface area (TPSA) is 66.5 Å². The van der Waals surface area contributed by atoms with E-state index in [4.69, 9.17) is 0 Å². The third kappa shape index (κ3) is 3.19. The van der Waals surface area contributed by atoms with Crippen molar-refractivity contribution in [2.45, 2.75) is 26.1 Å². The fourth-order valence-corrected chi connectivity index (χ4v) is 3.07. The van der Waals surface area contributed by atoms with Crippen LogP contribution in [0.25, 0.3) is 0 Å². The van der Waals surface area contributed by atoms with Crippen molar-refractivity contribution >= 4 is 15.7 Å². The molecule has 1 heterocycles. The zero-order chi connectivity index (χ0) is 14.8. The molecule has 110 valence electrons. The zero-order valence-corrected chi connectivity index (χ0v) is 12.6. The van der Waals surface area contributed by atoms with E-state index in [1.54, 1.807) is 18.7 Å². The molecule has 5 nitrogen and oxygen atoms in total. The molecular weight excluding hydrogens is 276 g/mol. The second-order valence-electron chi connectivity index (χ2n) is 4.97. The number of sulfone groups is 1. The molecule has 1 aromatic carbocycles. The zero-order valence-electron chi connectivity index (χ0n) is 11.7. The summed E-state index contributed by atoms with van der Waals surface area (Å²) in [4.78, 5) is 13.8. The Hall–Kier alpha value is -1.40. The molecule has 1 saturated heterocycles. The number of amides is 1. The van der Waals surface area contributed by atoms with Crippen molar-refractivity contribution in [3.8, 4) is 0 Å². The van der Waals surface area contributed by atoms with Crippen molar-refractivity contribution in [1.82, 2.24) is 10.2 Å². The summed E-state index contributed by atoms with van der Waals surface area (Å²) in [6, 6.07) is 9.31. The number of hydrogen-bond donors (Lipinski definition) is 1. The molecule has 1 aromatic rings. The lowest BCUT2D eigenvalue weighted by Gasteiger charge is -2.24. The van der Waals surface area contributed by atoms with Crippen LogP contribution in [0.3, 0.4) is 0 Å². The number of rotatable bonds is 5. The Balaban J connectivity index is 2.17. The van der Waals surface area contributed by atoms with E-state index in [0.29, 0.717) is 0 Å². The molecule has 0 radical (unpaired) electrons. The third-order valence-corrected chi connectivity index (χ3v) is 5.26. The molecule has 2 atom stereocenters. The van der Waals surface area contributed by atoms with Gasteiger partial charge in [0.15, 0.2) is 9.84 Å². The minimum Gasteiger partial charge on any atom is -0.321 e. The van der Waals surface area contributed by atoms with E-state index in [9.17, 15) is 13.2 Å². The normalized spacial score (nSPS) is 23.3. The van der Waals surface area contributed by atoms with Crippen molar-refractivity contribution in [2.75, 3.05) is 18.1 Å². The van der Waals surface area contributed by atoms with Crippen molar-refractivity contribution in [3.05, 3.63) is 35.9 Å². The summed E-state index contributed by atoms with van der Waals surface area (Å²) in [6.07, 6.45) is -0.245. The lowest BCUT2D eigenvalue weighted by atomic mass is 10.1. The molecule has 1 N–H and O–H groups in total. The molecule has 0 saturated carbocycles. The minimum atomic E-state index is -3.08. The molecule has 1 aliphatic heterocycles. The van der Waals surface area contributed by atoms with Crippen molar-refractivity contribution in [1.29, 1.82) is 0 Å². The largest absolute Gasteiger partial charge is 0.321 e. The Bertz CT molecular complexity index is 571. The maximum absolute atomic E-state index is 12.2. The summed E-state index contributed by atoms with van der Waals surface area (Å²) in [5, 5.41) is 3.21. The SMILES string of the molecule is CCS(=O)(=O)CCN1C(=O)C(C)NC1c1ccccc1. The molecule has 0 aromatic heterocycles. The number of nitrogens with one attached hydrogen (secondary N) is 1. The van der Waals surface area contributed by atoms with Crippen LogP contribution in [0.5, 0.6) is 0 Å². The Morgan fingerprint density at radius 1 is 1.25 bits per heavy atom. The van der Waals surface area contributed by atoms with Gasteiger partial charge in [0, 0.05) is 12.3 Å². The van der Waals surface area contributed by atoms with Crippen LogP contribution in [0.4, 0.5) is 0 Å². The molecular formula is C14H20N2O3S. The first-order chi connectivity index (χ1) is 9.44. The van der Waals surface area contributed by atoms with Crippen LogP contribution >= 0.6 is 0 Å². The average molecular weight is 296 g/mol. The quantitative estimate of drug-likeness (QED) is 0.878. The second-order valence-corrected chi connectivity index (χ2v) is 7.44. The van der Waals surface area contributed by atoms with Crippen LogP contribution in [0.1, 0.15) is 25.6 Å². The predicted octanol–water partition coefficient (Wildman–Crippen LogP) is 0.940. The molecule has 20 heavy (non-hydrogen) atoms. The number of carbonyl (C=O) groups excluding carboxylic acids is 1. The molecule has 2 rings (SSSR count). The first-order valence-electron chi connectivity index (χ1n) is 6.76. The van der Waals surface area contributed by atoms with Crippen LogP contribution in [-0.4, -0.2) is 43.3 Å². The van der Waals surface area contributed by atoms with Gasteiger partial charge in [0.2, 0.25) is 5.91 Å². The minimum absolute atomic E-state index is 0.00692. The van der Waals surface area contributed by atoms with E-state index < -0.39 is 9.84 Å². The maximum atomic E-state index is 12.2. The Kier molecular flexibility index (Phi) is 4.45. The van der Waals surface area contributed by atoms with Gasteiger partial charge in [0.05, 0.1) is 11.8 Å². The van der Waals surface area contributed by atoms with Gasteiger partial charge in [-0.25, -0.2) is 8.42 Å². The highest BCUT2D eigenvalue weighted by atomic mass is 32.2. The van der Waals surface area contributed by atoms with E-state index in [1.165, 1.54) is 0 Å². The van der Waals surface area contributed by atoms with Crippen molar-refractivity contribution < 1.29 is 13.2 Å². The lowest BCUT2D eigenvalue weighted by Crippen LogP contribution is -2.35. The molecule has 1 aliphatic rings. The summed E-state index contributed by atoms with van der Waals surface area (Å²) >= 11 is 0. The van der Waals surface area contributed by atoms with Crippen molar-refractivity contribution in [2.24, 2.45) is 0 Å². The van der Waals surface area contributed by atoms with E-state index in [-0.39, 0.29) is 36.2 Å². The molecule has 6 heteroatoms. The van der Waals surface area contributed by atoms with Crippen LogP contribution in [0.15, 0.2) is 30.3 Å². The summed E-state index contributed by atoms with van der Waals surface area (Å²) in [7, 11) is -3.08. The van der Waals surface area contributed by atoms with Gasteiger partial charge in [-0.2, -0.15) is 0 Å². The Morgan fingerprint density at radius 3 is 2.50 bits per heavy atom. The van der Waals surface area contributed by atoms with Gasteiger partial charge in [-0.05, 0) is 12.5 Å². The number of carbonyl (C=O) groups is 1. The third-order valence-electron chi connectivity index (χ3n) is 3.57. The molecule has 0 aliphatic carbocycles. The van der Waals surface area contributed by atoms with Crippen molar-refractivity contribution in [3.63, 3.8) is 0 Å². The average Bonchev–Trinajstić information content (AvgIpc) is 2.74. The molecule has 1 fully saturated rings. The van der Waals surface area contributed by atoms with E-state index in [2.05, 4.69) is 5.32 Å². The highest BCUT2D eigenvalue weighted by Crippen LogP contribution is 2.24. The van der Waals surface area contributed by atoms with Crippen LogP contribution in [0, 0.1) is 0 Å². The molecule has 1 amide bonds. The van der Waals surface area contributed by atoms with Crippen LogP contribution in [-0.2, 0) is 14.6 Å². The molecule has 0 bridgehead atoms. The standard InChI is InChI=1S/C14H20N2O3S/c1-3-20(18,19)10-9-16-13(15-11(2)14(16)17)12-7-5-4-6-8-12/h4-8,11,13,15H,3,9-10H2,1-2H3. The fraction of sp³-hybridized carbons (Fsp3) is 0.500. The second kappa shape index (κ2) is 5.93. The summed E-state index contributed by atoms with van der Waals surface area (Å²) < 4.78 is 23.3. The van der Waals surface area contributed by atoms with Gasteiger partial charge in [-0.15, -0.1) is 0 Å². The summed E-state index contributed by atoms with van der Waals surface area (Å²) in [5.74, 6) is 0.0613. The fourth-order valence-electron chi connectivity index (χ4n) is 2.31. The molecule has 2 unspecified atom stereocenters. The monoisotopic (exact) mass is 296 g/mol.